The number of aromatic nitrogens is 2. The van der Waals surface area contributed by atoms with Crippen LogP contribution in [-0.2, 0) is 4.74 Å². The molecule has 0 bridgehead atoms. The second-order valence-electron chi connectivity index (χ2n) is 5.21. The maximum absolute atomic E-state index is 12.1. The Labute approximate surface area is 132 Å². The van der Waals surface area contributed by atoms with E-state index in [0.29, 0.717) is 0 Å². The van der Waals surface area contributed by atoms with E-state index in [1.165, 1.54) is 12.3 Å². The van der Waals surface area contributed by atoms with Crippen LogP contribution in [0.2, 0.25) is 0 Å². The Kier molecular flexibility index (Phi) is 4.97. The van der Waals surface area contributed by atoms with Gasteiger partial charge in [0.2, 0.25) is 5.88 Å². The van der Waals surface area contributed by atoms with Crippen molar-refractivity contribution >= 4 is 5.82 Å². The molecule has 5 nitrogen and oxygen atoms in total. The Morgan fingerprint density at radius 2 is 1.96 bits per heavy atom. The maximum atomic E-state index is 12.1. The molecule has 1 fully saturated rings. The minimum Gasteiger partial charge on any atom is -0.417 e. The summed E-state index contributed by atoms with van der Waals surface area (Å²) in [6.45, 7) is -1.30. The predicted molar refractivity (Wildman–Crippen MR) is 81.6 cm³/mol. The maximum Gasteiger partial charge on any atom is 0.388 e. The molecule has 2 aromatic heterocycles. The summed E-state index contributed by atoms with van der Waals surface area (Å²) in [6, 6.07) is 6.84. The Hall–Kier alpha value is -2.28. The van der Waals surface area contributed by atoms with Crippen molar-refractivity contribution in [3.63, 3.8) is 0 Å². The van der Waals surface area contributed by atoms with Crippen LogP contribution in [0, 0.1) is 0 Å². The van der Waals surface area contributed by atoms with E-state index in [0.717, 1.165) is 42.9 Å². The lowest BCUT2D eigenvalue weighted by atomic mass is 10.1. The van der Waals surface area contributed by atoms with Gasteiger partial charge in [-0.05, 0) is 31.0 Å². The van der Waals surface area contributed by atoms with E-state index in [1.54, 1.807) is 12.3 Å². The van der Waals surface area contributed by atoms with Crippen LogP contribution in [0.1, 0.15) is 12.8 Å². The third kappa shape index (κ3) is 4.35. The first-order valence-corrected chi connectivity index (χ1v) is 7.43. The van der Waals surface area contributed by atoms with Gasteiger partial charge in [0.25, 0.3) is 0 Å². The molecule has 1 N–H and O–H groups in total. The highest BCUT2D eigenvalue weighted by Gasteiger charge is 2.14. The number of anilines is 1. The van der Waals surface area contributed by atoms with E-state index >= 15 is 0 Å². The van der Waals surface area contributed by atoms with Crippen LogP contribution in [0.5, 0.6) is 5.88 Å². The van der Waals surface area contributed by atoms with Crippen molar-refractivity contribution in [2.24, 2.45) is 0 Å². The van der Waals surface area contributed by atoms with Gasteiger partial charge in [-0.25, -0.2) is 9.97 Å². The van der Waals surface area contributed by atoms with E-state index in [9.17, 15) is 8.78 Å². The van der Waals surface area contributed by atoms with Crippen molar-refractivity contribution in [2.75, 3.05) is 18.5 Å². The Morgan fingerprint density at radius 1 is 1.17 bits per heavy atom. The molecule has 1 saturated heterocycles. The summed E-state index contributed by atoms with van der Waals surface area (Å²) in [4.78, 5) is 8.19. The van der Waals surface area contributed by atoms with Crippen LogP contribution in [0.3, 0.4) is 0 Å². The van der Waals surface area contributed by atoms with Crippen molar-refractivity contribution in [2.45, 2.75) is 25.6 Å². The van der Waals surface area contributed by atoms with Crippen LogP contribution in [0.15, 0.2) is 36.7 Å². The molecule has 1 aliphatic heterocycles. The van der Waals surface area contributed by atoms with Gasteiger partial charge in [0.15, 0.2) is 0 Å². The third-order valence-electron chi connectivity index (χ3n) is 3.58. The lowest BCUT2D eigenvalue weighted by Crippen LogP contribution is -2.18. The first-order valence-electron chi connectivity index (χ1n) is 7.43. The molecular weight excluding hydrogens is 304 g/mol. The SMILES string of the molecule is FC(F)Oc1ccc(-c2ccc(NC[C@H]3CCCO3)nc2)cn1. The third-order valence-corrected chi connectivity index (χ3v) is 3.58. The van der Waals surface area contributed by atoms with E-state index in [1.807, 2.05) is 12.1 Å². The molecule has 0 spiro atoms. The summed E-state index contributed by atoms with van der Waals surface area (Å²) in [7, 11) is 0. The smallest absolute Gasteiger partial charge is 0.388 e. The van der Waals surface area contributed by atoms with Crippen molar-refractivity contribution in [3.8, 4) is 17.0 Å². The molecule has 7 heteroatoms. The van der Waals surface area contributed by atoms with Gasteiger partial charge in [0.1, 0.15) is 5.82 Å². The second kappa shape index (κ2) is 7.32. The van der Waals surface area contributed by atoms with Crippen LogP contribution in [0.25, 0.3) is 11.1 Å². The highest BCUT2D eigenvalue weighted by atomic mass is 19.3. The van der Waals surface area contributed by atoms with E-state index in [2.05, 4.69) is 20.0 Å². The van der Waals surface area contributed by atoms with Gasteiger partial charge in [0, 0.05) is 42.7 Å². The first kappa shape index (κ1) is 15.6. The van der Waals surface area contributed by atoms with Crippen LogP contribution >= 0.6 is 0 Å². The highest BCUT2D eigenvalue weighted by molar-refractivity contribution is 5.63. The largest absolute Gasteiger partial charge is 0.417 e. The van der Waals surface area contributed by atoms with Gasteiger partial charge in [-0.15, -0.1) is 0 Å². The van der Waals surface area contributed by atoms with Crippen molar-refractivity contribution in [1.29, 1.82) is 0 Å². The highest BCUT2D eigenvalue weighted by Crippen LogP contribution is 2.21. The average Bonchev–Trinajstić information content (AvgIpc) is 3.07. The number of alkyl halides is 2. The van der Waals surface area contributed by atoms with Gasteiger partial charge >= 0.3 is 6.61 Å². The minimum absolute atomic E-state index is 0.105. The molecule has 1 aliphatic rings. The fraction of sp³-hybridized carbons (Fsp3) is 0.375. The minimum atomic E-state index is -2.87. The number of hydrogen-bond donors (Lipinski definition) is 1. The summed E-state index contributed by atoms with van der Waals surface area (Å²) in [5, 5.41) is 3.24. The van der Waals surface area contributed by atoms with Gasteiger partial charge < -0.3 is 14.8 Å². The number of nitrogens with zero attached hydrogens (tertiary/aromatic N) is 2. The Balaban J connectivity index is 1.59. The molecular formula is C16H17F2N3O2. The zero-order chi connectivity index (χ0) is 16.1. The standard InChI is InChI=1S/C16H17F2N3O2/c17-16(18)23-15-6-4-12(9-21-15)11-3-5-14(19-8-11)20-10-13-2-1-7-22-13/h3-6,8-9,13,16H,1-2,7,10H2,(H,19,20)/t13-/m1/s1. The normalized spacial score (nSPS) is 17.4. The molecule has 3 heterocycles. The zero-order valence-corrected chi connectivity index (χ0v) is 12.4. The molecule has 0 aromatic carbocycles. The topological polar surface area (TPSA) is 56.3 Å². The number of ether oxygens (including phenoxy) is 2. The summed E-state index contributed by atoms with van der Waals surface area (Å²) >= 11 is 0. The summed E-state index contributed by atoms with van der Waals surface area (Å²) in [5.41, 5.74) is 1.63. The first-order chi connectivity index (χ1) is 11.2. The average molecular weight is 321 g/mol. The molecule has 0 saturated carbocycles. The Morgan fingerprint density at radius 3 is 2.52 bits per heavy atom. The number of hydrogen-bond acceptors (Lipinski definition) is 5. The number of nitrogens with one attached hydrogen (secondary N) is 1. The monoisotopic (exact) mass is 321 g/mol. The fourth-order valence-corrected chi connectivity index (χ4v) is 2.40. The molecule has 23 heavy (non-hydrogen) atoms. The number of rotatable bonds is 6. The molecule has 0 aliphatic carbocycles. The van der Waals surface area contributed by atoms with Crippen molar-refractivity contribution < 1.29 is 18.3 Å². The van der Waals surface area contributed by atoms with E-state index in [4.69, 9.17) is 4.74 Å². The molecule has 0 amide bonds. The summed E-state index contributed by atoms with van der Waals surface area (Å²) in [6.07, 6.45) is 5.63. The number of pyridine rings is 2. The summed E-state index contributed by atoms with van der Waals surface area (Å²) < 4.78 is 33.9. The van der Waals surface area contributed by atoms with Crippen LogP contribution < -0.4 is 10.1 Å². The zero-order valence-electron chi connectivity index (χ0n) is 12.4. The van der Waals surface area contributed by atoms with Gasteiger partial charge in [0.05, 0.1) is 6.10 Å². The van der Waals surface area contributed by atoms with Crippen molar-refractivity contribution in [3.05, 3.63) is 36.7 Å². The van der Waals surface area contributed by atoms with Crippen LogP contribution in [0.4, 0.5) is 14.6 Å². The number of halogens is 2. The second-order valence-corrected chi connectivity index (χ2v) is 5.21. The van der Waals surface area contributed by atoms with Crippen molar-refractivity contribution in [1.82, 2.24) is 9.97 Å². The predicted octanol–water partition coefficient (Wildman–Crippen LogP) is 3.34. The molecule has 0 radical (unpaired) electrons. The summed E-state index contributed by atoms with van der Waals surface area (Å²) in [5.74, 6) is 0.668. The van der Waals surface area contributed by atoms with Gasteiger partial charge in [-0.2, -0.15) is 8.78 Å². The quantitative estimate of drug-likeness (QED) is 0.884. The van der Waals surface area contributed by atoms with E-state index < -0.39 is 6.61 Å². The fourth-order valence-electron chi connectivity index (χ4n) is 2.40. The Bertz CT molecular complexity index is 614. The van der Waals surface area contributed by atoms with Gasteiger partial charge in [-0.3, -0.25) is 0 Å². The molecule has 0 unspecified atom stereocenters. The lowest BCUT2D eigenvalue weighted by molar-refractivity contribution is -0.0528. The lowest BCUT2D eigenvalue weighted by Gasteiger charge is -2.11. The van der Waals surface area contributed by atoms with Crippen LogP contribution in [-0.4, -0.2) is 35.8 Å². The molecule has 1 atom stereocenters. The van der Waals surface area contributed by atoms with E-state index in [-0.39, 0.29) is 12.0 Å². The molecule has 3 rings (SSSR count). The van der Waals surface area contributed by atoms with Gasteiger partial charge in [-0.1, -0.05) is 0 Å². The molecule has 2 aromatic rings. The molecule has 122 valence electrons.